The van der Waals surface area contributed by atoms with Gasteiger partial charge in [0.1, 0.15) is 0 Å². The van der Waals surface area contributed by atoms with E-state index in [0.717, 1.165) is 5.56 Å². The number of aliphatic carboxylic acids is 1. The van der Waals surface area contributed by atoms with Crippen molar-refractivity contribution in [3.8, 4) is 0 Å². The van der Waals surface area contributed by atoms with E-state index in [1.807, 2.05) is 12.1 Å². The number of carboxylic acids is 1. The zero-order valence-electron chi connectivity index (χ0n) is 14.9. The lowest BCUT2D eigenvalue weighted by molar-refractivity contribution is -0.137. The average molecular weight is 396 g/mol. The summed E-state index contributed by atoms with van der Waals surface area (Å²) in [6.45, 7) is 6.21. The van der Waals surface area contributed by atoms with E-state index in [1.165, 1.54) is 24.3 Å². The summed E-state index contributed by atoms with van der Waals surface area (Å²) >= 11 is 5.79. The molecule has 140 valence electrons. The van der Waals surface area contributed by atoms with Crippen LogP contribution in [0.4, 0.5) is 0 Å². The zero-order chi connectivity index (χ0) is 19.5. The predicted molar refractivity (Wildman–Crippen MR) is 102 cm³/mol. The molecule has 0 fully saturated rings. The van der Waals surface area contributed by atoms with E-state index in [-0.39, 0.29) is 16.7 Å². The highest BCUT2D eigenvalue weighted by molar-refractivity contribution is 7.89. The minimum Gasteiger partial charge on any atom is -0.481 e. The maximum Gasteiger partial charge on any atom is 0.305 e. The SMILES string of the molecule is CC(C)(C)c1ccc([C@H](CC(=O)O)NS(=O)(=O)c2ccc(Cl)cc2)cc1. The standard InChI is InChI=1S/C19H22ClNO4S/c1-19(2,3)14-6-4-13(5-7-14)17(12-18(22)23)21-26(24,25)16-10-8-15(20)9-11-16/h4-11,17,21H,12H2,1-3H3,(H,22,23)/t17-/m0/s1. The third-order valence-corrected chi connectivity index (χ3v) is 5.72. The first-order chi connectivity index (χ1) is 12.0. The molecule has 0 aliphatic rings. The van der Waals surface area contributed by atoms with Gasteiger partial charge in [0.05, 0.1) is 17.4 Å². The summed E-state index contributed by atoms with van der Waals surface area (Å²) in [5.41, 5.74) is 1.62. The molecule has 2 aromatic rings. The highest BCUT2D eigenvalue weighted by Crippen LogP contribution is 2.26. The summed E-state index contributed by atoms with van der Waals surface area (Å²) in [6.07, 6.45) is -0.359. The normalized spacial score (nSPS) is 13.4. The Morgan fingerprint density at radius 2 is 1.62 bits per heavy atom. The van der Waals surface area contributed by atoms with Crippen LogP contribution in [0.2, 0.25) is 5.02 Å². The molecule has 26 heavy (non-hydrogen) atoms. The molecular weight excluding hydrogens is 374 g/mol. The Labute approximate surface area is 159 Å². The first-order valence-corrected chi connectivity index (χ1v) is 9.95. The Balaban J connectivity index is 2.32. The number of halogens is 1. The quantitative estimate of drug-likeness (QED) is 0.770. The van der Waals surface area contributed by atoms with Gasteiger partial charge in [-0.05, 0) is 40.8 Å². The molecule has 7 heteroatoms. The topological polar surface area (TPSA) is 83.5 Å². The summed E-state index contributed by atoms with van der Waals surface area (Å²) in [6, 6.07) is 12.1. The Bertz CT molecular complexity index is 869. The third-order valence-electron chi connectivity index (χ3n) is 3.98. The molecular formula is C19H22ClNO4S. The van der Waals surface area contributed by atoms with Gasteiger partial charge in [-0.2, -0.15) is 0 Å². The molecule has 1 atom stereocenters. The van der Waals surface area contributed by atoms with Crippen LogP contribution in [-0.4, -0.2) is 19.5 Å². The molecule has 0 spiro atoms. The van der Waals surface area contributed by atoms with Gasteiger partial charge >= 0.3 is 5.97 Å². The van der Waals surface area contributed by atoms with Crippen molar-refractivity contribution in [2.75, 3.05) is 0 Å². The summed E-state index contributed by atoms with van der Waals surface area (Å²) < 4.78 is 27.7. The van der Waals surface area contributed by atoms with E-state index >= 15 is 0 Å². The molecule has 0 aliphatic heterocycles. The zero-order valence-corrected chi connectivity index (χ0v) is 16.4. The summed E-state index contributed by atoms with van der Waals surface area (Å²) in [5.74, 6) is -1.09. The second-order valence-corrected chi connectivity index (χ2v) is 9.25. The molecule has 2 rings (SSSR count). The highest BCUT2D eigenvalue weighted by atomic mass is 35.5. The van der Waals surface area contributed by atoms with Crippen molar-refractivity contribution in [2.45, 2.75) is 43.5 Å². The van der Waals surface area contributed by atoms with Gasteiger partial charge in [0.2, 0.25) is 10.0 Å². The number of nitrogens with one attached hydrogen (secondary N) is 1. The lowest BCUT2D eigenvalue weighted by Crippen LogP contribution is -2.30. The molecule has 2 N–H and O–H groups in total. The fourth-order valence-corrected chi connectivity index (χ4v) is 3.84. The highest BCUT2D eigenvalue weighted by Gasteiger charge is 2.24. The largest absolute Gasteiger partial charge is 0.481 e. The Morgan fingerprint density at radius 1 is 1.08 bits per heavy atom. The van der Waals surface area contributed by atoms with E-state index < -0.39 is 22.0 Å². The van der Waals surface area contributed by atoms with Gasteiger partial charge in [0.25, 0.3) is 0 Å². The van der Waals surface area contributed by atoms with Gasteiger partial charge < -0.3 is 5.11 Å². The van der Waals surface area contributed by atoms with Crippen LogP contribution in [0.5, 0.6) is 0 Å². The summed E-state index contributed by atoms with van der Waals surface area (Å²) in [4.78, 5) is 11.3. The summed E-state index contributed by atoms with van der Waals surface area (Å²) in [7, 11) is -3.88. The van der Waals surface area contributed by atoms with Crippen molar-refractivity contribution in [3.05, 3.63) is 64.7 Å². The molecule has 0 radical (unpaired) electrons. The molecule has 0 aromatic heterocycles. The molecule has 0 unspecified atom stereocenters. The van der Waals surface area contributed by atoms with E-state index in [4.69, 9.17) is 11.6 Å². The minimum atomic E-state index is -3.88. The van der Waals surface area contributed by atoms with Crippen LogP contribution in [0.3, 0.4) is 0 Å². The maximum atomic E-state index is 12.6. The fourth-order valence-electron chi connectivity index (χ4n) is 2.49. The van der Waals surface area contributed by atoms with Gasteiger partial charge in [-0.25, -0.2) is 13.1 Å². The third kappa shape index (κ3) is 5.30. The molecule has 2 aromatic carbocycles. The monoisotopic (exact) mass is 395 g/mol. The van der Waals surface area contributed by atoms with Crippen molar-refractivity contribution in [3.63, 3.8) is 0 Å². The Morgan fingerprint density at radius 3 is 2.08 bits per heavy atom. The summed E-state index contributed by atoms with van der Waals surface area (Å²) in [5, 5.41) is 9.60. The minimum absolute atomic E-state index is 0.0311. The number of carbonyl (C=O) groups is 1. The molecule has 5 nitrogen and oxygen atoms in total. The molecule has 0 saturated carbocycles. The molecule has 0 heterocycles. The number of sulfonamides is 1. The van der Waals surface area contributed by atoms with Crippen molar-refractivity contribution >= 4 is 27.6 Å². The van der Waals surface area contributed by atoms with Crippen molar-refractivity contribution in [1.29, 1.82) is 0 Å². The first-order valence-electron chi connectivity index (χ1n) is 8.09. The molecule has 0 saturated heterocycles. The second-order valence-electron chi connectivity index (χ2n) is 7.10. The number of carboxylic acid groups (broad SMARTS) is 1. The van der Waals surface area contributed by atoms with Crippen molar-refractivity contribution < 1.29 is 18.3 Å². The Kier molecular flexibility index (Phi) is 6.11. The molecule has 0 amide bonds. The van der Waals surface area contributed by atoms with Gasteiger partial charge in [0.15, 0.2) is 0 Å². The van der Waals surface area contributed by atoms with Crippen LogP contribution in [0, 0.1) is 0 Å². The number of hydrogen-bond acceptors (Lipinski definition) is 3. The van der Waals surface area contributed by atoms with Crippen LogP contribution in [0.25, 0.3) is 0 Å². The van der Waals surface area contributed by atoms with Gasteiger partial charge in [-0.3, -0.25) is 4.79 Å². The van der Waals surface area contributed by atoms with Crippen LogP contribution in [-0.2, 0) is 20.2 Å². The Hall–Kier alpha value is -1.89. The number of benzene rings is 2. The van der Waals surface area contributed by atoms with Crippen molar-refractivity contribution in [1.82, 2.24) is 4.72 Å². The number of rotatable bonds is 6. The molecule has 0 bridgehead atoms. The molecule has 0 aliphatic carbocycles. The van der Waals surface area contributed by atoms with Crippen molar-refractivity contribution in [2.24, 2.45) is 0 Å². The second kappa shape index (κ2) is 7.78. The maximum absolute atomic E-state index is 12.6. The van der Waals surface area contributed by atoms with Crippen LogP contribution >= 0.6 is 11.6 Å². The lowest BCUT2D eigenvalue weighted by Gasteiger charge is -2.22. The fraction of sp³-hybridized carbons (Fsp3) is 0.316. The lowest BCUT2D eigenvalue weighted by atomic mass is 9.86. The van der Waals surface area contributed by atoms with Crippen LogP contribution in [0.15, 0.2) is 53.4 Å². The smallest absolute Gasteiger partial charge is 0.305 e. The van der Waals surface area contributed by atoms with Gasteiger partial charge in [0, 0.05) is 5.02 Å². The van der Waals surface area contributed by atoms with Crippen LogP contribution < -0.4 is 4.72 Å². The van der Waals surface area contributed by atoms with E-state index in [1.54, 1.807) is 12.1 Å². The van der Waals surface area contributed by atoms with E-state index in [2.05, 4.69) is 25.5 Å². The average Bonchev–Trinajstić information content (AvgIpc) is 2.53. The first kappa shape index (κ1) is 20.4. The number of hydrogen-bond donors (Lipinski definition) is 2. The van der Waals surface area contributed by atoms with Gasteiger partial charge in [-0.1, -0.05) is 56.6 Å². The predicted octanol–water partition coefficient (Wildman–Crippen LogP) is 4.13. The van der Waals surface area contributed by atoms with Crippen LogP contribution in [0.1, 0.15) is 44.4 Å². The van der Waals surface area contributed by atoms with E-state index in [9.17, 15) is 18.3 Å². The van der Waals surface area contributed by atoms with Gasteiger partial charge in [-0.15, -0.1) is 0 Å². The van der Waals surface area contributed by atoms with E-state index in [0.29, 0.717) is 10.6 Å².